The normalized spacial score (nSPS) is 35.8. The Hall–Kier alpha value is -3.22. The van der Waals surface area contributed by atoms with Crippen molar-refractivity contribution < 1.29 is 43.9 Å². The Bertz CT molecular complexity index is 1320. The summed E-state index contributed by atoms with van der Waals surface area (Å²) in [5.41, 5.74) is 3.84. The molecule has 2 aromatic rings. The molecule has 11 nitrogen and oxygen atoms in total. The van der Waals surface area contributed by atoms with Gasteiger partial charge in [0.05, 0.1) is 17.9 Å². The summed E-state index contributed by atoms with van der Waals surface area (Å²) in [6, 6.07) is 7.97. The molecule has 1 aromatic carbocycles. The monoisotopic (exact) mass is 540 g/mol. The molecule has 0 aliphatic carbocycles. The van der Waals surface area contributed by atoms with Gasteiger partial charge < -0.3 is 44.2 Å². The first-order chi connectivity index (χ1) is 18.8. The van der Waals surface area contributed by atoms with E-state index in [1.165, 1.54) is 24.1 Å². The van der Waals surface area contributed by atoms with Crippen LogP contribution in [0.1, 0.15) is 30.6 Å². The molecule has 6 rings (SSSR count). The van der Waals surface area contributed by atoms with Crippen LogP contribution in [0.4, 0.5) is 0 Å². The standard InChI is InChI=1S/C28H32N2O9/c1-3-14-17-10-20-22-16(15-6-4-5-7-19(15)29-22)8-9-30(20)26(35)18(17)11-37-27(14)39-28-25(34)24(33)23(32)21(38-28)12-36-13(2)31/h3-7,11,14,17,20-21,23-25,27-29,32-34H,1,8-10,12H2,2H3/t14-,17+,20+,21-,23-,24+,25-,27+,28+/m1/s1. The van der Waals surface area contributed by atoms with E-state index in [1.807, 2.05) is 23.1 Å². The van der Waals surface area contributed by atoms with Crippen LogP contribution >= 0.6 is 0 Å². The predicted octanol–water partition coefficient (Wildman–Crippen LogP) is 1.04. The van der Waals surface area contributed by atoms with E-state index in [1.54, 1.807) is 6.08 Å². The molecule has 0 unspecified atom stereocenters. The number of piperidine rings is 1. The third kappa shape index (κ3) is 4.34. The number of aliphatic hydroxyl groups is 3. The first-order valence-electron chi connectivity index (χ1n) is 13.2. The topological polar surface area (TPSA) is 151 Å². The van der Waals surface area contributed by atoms with Crippen molar-refractivity contribution in [3.05, 3.63) is 60.0 Å². The zero-order valence-corrected chi connectivity index (χ0v) is 21.4. The first kappa shape index (κ1) is 26.0. The number of hydrogen-bond donors (Lipinski definition) is 4. The first-order valence-corrected chi connectivity index (χ1v) is 13.2. The molecular formula is C28H32N2O9. The van der Waals surface area contributed by atoms with Gasteiger partial charge in [-0.2, -0.15) is 0 Å². The fourth-order valence-electron chi connectivity index (χ4n) is 6.32. The number of aromatic nitrogens is 1. The quantitative estimate of drug-likeness (QED) is 0.322. The third-order valence-electron chi connectivity index (χ3n) is 8.31. The van der Waals surface area contributed by atoms with Crippen molar-refractivity contribution in [3.8, 4) is 0 Å². The highest BCUT2D eigenvalue weighted by molar-refractivity contribution is 5.96. The molecule has 4 aliphatic heterocycles. The van der Waals surface area contributed by atoms with E-state index in [9.17, 15) is 24.9 Å². The summed E-state index contributed by atoms with van der Waals surface area (Å²) < 4.78 is 22.4. The molecule has 0 spiro atoms. The van der Waals surface area contributed by atoms with E-state index >= 15 is 0 Å². The number of H-pyrrole nitrogens is 1. The minimum Gasteiger partial charge on any atom is -0.471 e. The Kier molecular flexibility index (Phi) is 6.72. The number of nitrogens with zero attached hydrogens (tertiary/aromatic N) is 1. The van der Waals surface area contributed by atoms with Gasteiger partial charge in [-0.1, -0.05) is 24.3 Å². The Morgan fingerprint density at radius 1 is 1.21 bits per heavy atom. The number of fused-ring (bicyclic) bond motifs is 6. The summed E-state index contributed by atoms with van der Waals surface area (Å²) in [7, 11) is 0. The lowest BCUT2D eigenvalue weighted by Gasteiger charge is -2.48. The number of ether oxygens (including phenoxy) is 4. The maximum Gasteiger partial charge on any atom is 0.302 e. The number of aromatic amines is 1. The molecule has 0 bridgehead atoms. The number of carbonyl (C=O) groups is 2. The summed E-state index contributed by atoms with van der Waals surface area (Å²) in [5.74, 6) is -1.43. The Morgan fingerprint density at radius 2 is 2.00 bits per heavy atom. The van der Waals surface area contributed by atoms with Crippen molar-refractivity contribution in [3.63, 3.8) is 0 Å². The lowest BCUT2D eigenvalue weighted by molar-refractivity contribution is -0.339. The second kappa shape index (κ2) is 10.1. The van der Waals surface area contributed by atoms with Crippen molar-refractivity contribution in [2.24, 2.45) is 11.8 Å². The van der Waals surface area contributed by atoms with Gasteiger partial charge in [0.15, 0.2) is 6.29 Å². The summed E-state index contributed by atoms with van der Waals surface area (Å²) in [4.78, 5) is 30.3. The second-order valence-electron chi connectivity index (χ2n) is 10.5. The maximum absolute atomic E-state index is 13.6. The zero-order valence-electron chi connectivity index (χ0n) is 21.4. The highest BCUT2D eigenvalue weighted by atomic mass is 16.8. The van der Waals surface area contributed by atoms with E-state index in [2.05, 4.69) is 17.6 Å². The Balaban J connectivity index is 1.25. The lowest BCUT2D eigenvalue weighted by Crippen LogP contribution is -2.60. The van der Waals surface area contributed by atoms with Gasteiger partial charge in [0.25, 0.3) is 5.91 Å². The molecule has 2 saturated heterocycles. The van der Waals surface area contributed by atoms with E-state index in [4.69, 9.17) is 18.9 Å². The minimum atomic E-state index is -1.60. The van der Waals surface area contributed by atoms with E-state index < -0.39 is 48.9 Å². The molecule has 9 atom stereocenters. The fourth-order valence-corrected chi connectivity index (χ4v) is 6.32. The maximum atomic E-state index is 13.6. The smallest absolute Gasteiger partial charge is 0.302 e. The molecule has 0 saturated carbocycles. The summed E-state index contributed by atoms with van der Waals surface area (Å²) in [6.45, 7) is 5.45. The lowest BCUT2D eigenvalue weighted by atomic mass is 9.74. The number of hydrogen-bond acceptors (Lipinski definition) is 9. The Labute approximate surface area is 224 Å². The van der Waals surface area contributed by atoms with E-state index in [0.717, 1.165) is 17.6 Å². The van der Waals surface area contributed by atoms with E-state index in [-0.39, 0.29) is 24.5 Å². The second-order valence-corrected chi connectivity index (χ2v) is 10.5. The number of nitrogens with one attached hydrogen (secondary N) is 1. The van der Waals surface area contributed by atoms with Crippen LogP contribution in [0.15, 0.2) is 48.8 Å². The van der Waals surface area contributed by atoms with Crippen LogP contribution in [0.5, 0.6) is 0 Å². The molecule has 39 heavy (non-hydrogen) atoms. The molecule has 4 aliphatic rings. The number of para-hydroxylation sites is 1. The van der Waals surface area contributed by atoms with Gasteiger partial charge in [-0.05, 0) is 24.5 Å². The molecule has 4 N–H and O–H groups in total. The van der Waals surface area contributed by atoms with Gasteiger partial charge in [-0.25, -0.2) is 0 Å². The largest absolute Gasteiger partial charge is 0.471 e. The SMILES string of the molecule is C=C[C@H]1[C@H](O[C@@H]2O[C@H](COC(C)=O)[C@@H](O)[C@H](O)[C@H]2O)OC=C2C(=O)N3CCc4c([nH]c5ccccc45)[C@@H]3C[C@H]21. The van der Waals surface area contributed by atoms with Crippen LogP contribution in [-0.4, -0.2) is 87.2 Å². The van der Waals surface area contributed by atoms with Gasteiger partial charge in [-0.15, -0.1) is 6.58 Å². The minimum absolute atomic E-state index is 0.0974. The molecule has 11 heteroatoms. The molecule has 1 aromatic heterocycles. The highest BCUT2D eigenvalue weighted by Crippen LogP contribution is 2.48. The zero-order chi connectivity index (χ0) is 27.4. The van der Waals surface area contributed by atoms with Gasteiger partial charge in [0, 0.05) is 41.9 Å². The van der Waals surface area contributed by atoms with Crippen LogP contribution in [0.25, 0.3) is 10.9 Å². The van der Waals surface area contributed by atoms with Crippen LogP contribution < -0.4 is 0 Å². The van der Waals surface area contributed by atoms with Crippen molar-refractivity contribution in [2.75, 3.05) is 13.2 Å². The number of aliphatic hydroxyl groups excluding tert-OH is 3. The predicted molar refractivity (Wildman–Crippen MR) is 136 cm³/mol. The summed E-state index contributed by atoms with van der Waals surface area (Å²) >= 11 is 0. The van der Waals surface area contributed by atoms with Crippen molar-refractivity contribution in [2.45, 2.75) is 62.8 Å². The number of esters is 1. The van der Waals surface area contributed by atoms with Gasteiger partial charge in [0.2, 0.25) is 6.29 Å². The molecule has 1 amide bonds. The fraction of sp³-hybridized carbons (Fsp3) is 0.500. The molecule has 208 valence electrons. The summed E-state index contributed by atoms with van der Waals surface area (Å²) in [6.07, 6.45) is -3.75. The van der Waals surface area contributed by atoms with Crippen molar-refractivity contribution in [1.29, 1.82) is 0 Å². The van der Waals surface area contributed by atoms with Gasteiger partial charge in [-0.3, -0.25) is 9.59 Å². The van der Waals surface area contributed by atoms with Crippen molar-refractivity contribution in [1.82, 2.24) is 9.88 Å². The average Bonchev–Trinajstić information content (AvgIpc) is 3.32. The Morgan fingerprint density at radius 3 is 2.77 bits per heavy atom. The summed E-state index contributed by atoms with van der Waals surface area (Å²) in [5, 5.41) is 32.4. The van der Waals surface area contributed by atoms with Crippen LogP contribution in [0.2, 0.25) is 0 Å². The number of benzene rings is 1. The number of amides is 1. The van der Waals surface area contributed by atoms with Gasteiger partial charge >= 0.3 is 5.97 Å². The number of carbonyl (C=O) groups excluding carboxylic acids is 2. The van der Waals surface area contributed by atoms with Crippen LogP contribution in [0, 0.1) is 11.8 Å². The molecular weight excluding hydrogens is 508 g/mol. The van der Waals surface area contributed by atoms with E-state index in [0.29, 0.717) is 18.5 Å². The molecule has 5 heterocycles. The van der Waals surface area contributed by atoms with Crippen LogP contribution in [-0.2, 0) is 35.0 Å². The third-order valence-corrected chi connectivity index (χ3v) is 8.31. The number of rotatable bonds is 5. The highest BCUT2D eigenvalue weighted by Gasteiger charge is 2.51. The van der Waals surface area contributed by atoms with Gasteiger partial charge in [0.1, 0.15) is 31.0 Å². The molecule has 2 fully saturated rings. The average molecular weight is 541 g/mol. The van der Waals surface area contributed by atoms with Crippen LogP contribution in [0.3, 0.4) is 0 Å². The molecule has 0 radical (unpaired) electrons. The van der Waals surface area contributed by atoms with Crippen molar-refractivity contribution >= 4 is 22.8 Å².